The van der Waals surface area contributed by atoms with Crippen LogP contribution in [0.25, 0.3) is 0 Å². The molecule has 2 nitrogen and oxygen atoms in total. The van der Waals surface area contributed by atoms with Crippen LogP contribution in [0, 0.1) is 5.92 Å². The fourth-order valence-corrected chi connectivity index (χ4v) is 1.02. The van der Waals surface area contributed by atoms with Crippen molar-refractivity contribution in [1.82, 2.24) is 5.01 Å². The Kier molecular flexibility index (Phi) is 1.97. The van der Waals surface area contributed by atoms with E-state index in [-0.39, 0.29) is 0 Å². The first-order valence-electron chi connectivity index (χ1n) is 2.98. The fourth-order valence-electron chi connectivity index (χ4n) is 1.02. The van der Waals surface area contributed by atoms with Gasteiger partial charge in [0, 0.05) is 19.0 Å². The van der Waals surface area contributed by atoms with Crippen molar-refractivity contribution >= 4 is 0 Å². The Morgan fingerprint density at radius 3 is 2.44 bits per heavy atom. The molecule has 0 aromatic carbocycles. The number of nitrogens with zero attached hydrogens (tertiary/aromatic N) is 1. The quantitative estimate of drug-likeness (QED) is 0.530. The third-order valence-electron chi connectivity index (χ3n) is 1.61. The average Bonchev–Trinajstić information content (AvgIpc) is 2.14. The van der Waals surface area contributed by atoms with E-state index in [1.807, 2.05) is 0 Å². The van der Waals surface area contributed by atoms with E-state index in [2.05, 4.69) is 0 Å². The van der Waals surface area contributed by atoms with E-state index >= 15 is 0 Å². The molecule has 0 saturated carbocycles. The van der Waals surface area contributed by atoms with Crippen molar-refractivity contribution in [3.05, 3.63) is 0 Å². The number of hydrazine groups is 1. The van der Waals surface area contributed by atoms with Gasteiger partial charge in [-0.25, -0.2) is 13.8 Å². The summed E-state index contributed by atoms with van der Waals surface area (Å²) in [6.07, 6.45) is -1.66. The smallest absolute Gasteiger partial charge is 0.242 e. The van der Waals surface area contributed by atoms with Gasteiger partial charge in [-0.3, -0.25) is 5.84 Å². The van der Waals surface area contributed by atoms with Crippen LogP contribution in [0.15, 0.2) is 0 Å². The molecule has 0 amide bonds. The van der Waals surface area contributed by atoms with Crippen LogP contribution in [0.5, 0.6) is 0 Å². The van der Waals surface area contributed by atoms with Gasteiger partial charge in [0.1, 0.15) is 0 Å². The Bertz CT molecular complexity index is 97.0. The second-order valence-electron chi connectivity index (χ2n) is 2.38. The highest BCUT2D eigenvalue weighted by atomic mass is 19.3. The second kappa shape index (κ2) is 2.58. The van der Waals surface area contributed by atoms with Crippen molar-refractivity contribution in [3.63, 3.8) is 0 Å². The zero-order valence-electron chi connectivity index (χ0n) is 5.06. The highest BCUT2D eigenvalue weighted by Gasteiger charge is 2.27. The predicted molar refractivity (Wildman–Crippen MR) is 29.9 cm³/mol. The minimum atomic E-state index is -2.20. The number of hydrogen-bond donors (Lipinski definition) is 1. The zero-order chi connectivity index (χ0) is 6.85. The molecule has 54 valence electrons. The van der Waals surface area contributed by atoms with Gasteiger partial charge in [0.2, 0.25) is 6.43 Å². The summed E-state index contributed by atoms with van der Waals surface area (Å²) < 4.78 is 23.7. The SMILES string of the molecule is NN1CC[C@@H](C(F)F)C1. The highest BCUT2D eigenvalue weighted by Crippen LogP contribution is 2.19. The molecule has 0 spiro atoms. The fraction of sp³-hybridized carbons (Fsp3) is 1.00. The number of nitrogens with two attached hydrogens (primary N) is 1. The molecule has 2 N–H and O–H groups in total. The summed E-state index contributed by atoms with van der Waals surface area (Å²) in [6, 6.07) is 0. The summed E-state index contributed by atoms with van der Waals surface area (Å²) in [6.45, 7) is 0.951. The largest absolute Gasteiger partial charge is 0.269 e. The molecule has 1 saturated heterocycles. The summed E-state index contributed by atoms with van der Waals surface area (Å²) in [5, 5.41) is 1.44. The van der Waals surface area contributed by atoms with Crippen LogP contribution in [-0.2, 0) is 0 Å². The van der Waals surface area contributed by atoms with Gasteiger partial charge >= 0.3 is 0 Å². The molecular formula is C5H10F2N2. The van der Waals surface area contributed by atoms with Crippen molar-refractivity contribution in [2.45, 2.75) is 12.8 Å². The number of rotatable bonds is 1. The topological polar surface area (TPSA) is 29.3 Å². The van der Waals surface area contributed by atoms with Gasteiger partial charge in [-0.15, -0.1) is 0 Å². The highest BCUT2D eigenvalue weighted by molar-refractivity contribution is 4.72. The lowest BCUT2D eigenvalue weighted by molar-refractivity contribution is 0.0808. The van der Waals surface area contributed by atoms with Gasteiger partial charge in [-0.2, -0.15) is 0 Å². The van der Waals surface area contributed by atoms with Crippen molar-refractivity contribution in [3.8, 4) is 0 Å². The molecule has 1 aliphatic heterocycles. The van der Waals surface area contributed by atoms with E-state index in [9.17, 15) is 8.78 Å². The number of hydrogen-bond acceptors (Lipinski definition) is 2. The molecule has 9 heavy (non-hydrogen) atoms. The number of alkyl halides is 2. The molecule has 0 aliphatic carbocycles. The predicted octanol–water partition coefficient (Wildman–Crippen LogP) is 0.447. The van der Waals surface area contributed by atoms with Crippen molar-refractivity contribution in [2.75, 3.05) is 13.1 Å². The van der Waals surface area contributed by atoms with E-state index in [1.165, 1.54) is 5.01 Å². The Hall–Kier alpha value is -0.220. The molecule has 4 heteroatoms. The van der Waals surface area contributed by atoms with Gasteiger partial charge in [-0.05, 0) is 6.42 Å². The molecule has 1 aliphatic rings. The van der Waals surface area contributed by atoms with Crippen LogP contribution < -0.4 is 5.84 Å². The Balaban J connectivity index is 2.30. The molecule has 1 atom stereocenters. The summed E-state index contributed by atoms with van der Waals surface area (Å²) in [4.78, 5) is 0. The lowest BCUT2D eigenvalue weighted by Crippen LogP contribution is -2.29. The molecule has 0 radical (unpaired) electrons. The summed E-state index contributed by atoms with van der Waals surface area (Å²) in [5.74, 6) is 4.77. The maximum Gasteiger partial charge on any atom is 0.242 e. The van der Waals surface area contributed by atoms with Gasteiger partial charge in [0.15, 0.2) is 0 Å². The molecule has 1 heterocycles. The van der Waals surface area contributed by atoms with Crippen LogP contribution >= 0.6 is 0 Å². The van der Waals surface area contributed by atoms with Crippen molar-refractivity contribution < 1.29 is 8.78 Å². The maximum atomic E-state index is 11.8. The minimum Gasteiger partial charge on any atom is -0.269 e. The first-order chi connectivity index (χ1) is 4.20. The third-order valence-corrected chi connectivity index (χ3v) is 1.61. The first-order valence-corrected chi connectivity index (χ1v) is 2.98. The number of halogens is 2. The van der Waals surface area contributed by atoms with Gasteiger partial charge in [-0.1, -0.05) is 0 Å². The maximum absolute atomic E-state index is 11.8. The molecule has 0 bridgehead atoms. The van der Waals surface area contributed by atoms with Crippen LogP contribution in [0.2, 0.25) is 0 Å². The molecule has 0 aromatic heterocycles. The summed E-state index contributed by atoms with van der Waals surface area (Å²) in [7, 11) is 0. The standard InChI is InChI=1S/C5H10F2N2/c6-5(7)4-1-2-9(8)3-4/h4-5H,1-3,8H2/t4-/m1/s1. The Labute approximate surface area is 52.6 Å². The molecule has 1 rings (SSSR count). The molecule has 0 unspecified atom stereocenters. The van der Waals surface area contributed by atoms with E-state index in [4.69, 9.17) is 5.84 Å². The average molecular weight is 136 g/mol. The summed E-state index contributed by atoms with van der Waals surface area (Å²) in [5.41, 5.74) is 0. The van der Waals surface area contributed by atoms with Crippen LogP contribution in [0.4, 0.5) is 8.78 Å². The van der Waals surface area contributed by atoms with Gasteiger partial charge < -0.3 is 0 Å². The van der Waals surface area contributed by atoms with Crippen molar-refractivity contribution in [1.29, 1.82) is 0 Å². The summed E-state index contributed by atoms with van der Waals surface area (Å²) >= 11 is 0. The Morgan fingerprint density at radius 1 is 1.56 bits per heavy atom. The lowest BCUT2D eigenvalue weighted by Gasteiger charge is -2.07. The van der Waals surface area contributed by atoms with Crippen LogP contribution in [-0.4, -0.2) is 24.5 Å². The van der Waals surface area contributed by atoms with Gasteiger partial charge in [0.25, 0.3) is 0 Å². The van der Waals surface area contributed by atoms with E-state index in [0.29, 0.717) is 19.5 Å². The van der Waals surface area contributed by atoms with Gasteiger partial charge in [0.05, 0.1) is 0 Å². The normalized spacial score (nSPS) is 30.0. The zero-order valence-corrected chi connectivity index (χ0v) is 5.06. The van der Waals surface area contributed by atoms with E-state index in [1.54, 1.807) is 0 Å². The monoisotopic (exact) mass is 136 g/mol. The molecule has 1 fully saturated rings. The van der Waals surface area contributed by atoms with Crippen molar-refractivity contribution in [2.24, 2.45) is 11.8 Å². The molecule has 0 aromatic rings. The van der Waals surface area contributed by atoms with E-state index in [0.717, 1.165) is 0 Å². The van der Waals surface area contributed by atoms with Crippen LogP contribution in [0.1, 0.15) is 6.42 Å². The first kappa shape index (κ1) is 6.89. The lowest BCUT2D eigenvalue weighted by atomic mass is 10.1. The van der Waals surface area contributed by atoms with Crippen LogP contribution in [0.3, 0.4) is 0 Å². The Morgan fingerprint density at radius 2 is 2.22 bits per heavy atom. The third kappa shape index (κ3) is 1.59. The molecular weight excluding hydrogens is 126 g/mol. The van der Waals surface area contributed by atoms with E-state index < -0.39 is 12.3 Å². The minimum absolute atomic E-state index is 0.345. The second-order valence-corrected chi connectivity index (χ2v) is 2.38.